The molecule has 0 bridgehead atoms. The molecule has 1 atom stereocenters. The molecule has 0 spiro atoms. The number of sulfonamides is 1. The zero-order valence-corrected chi connectivity index (χ0v) is 16.2. The number of carbonyl (C=O) groups excluding carboxylic acids is 1. The molecule has 1 amide bonds. The lowest BCUT2D eigenvalue weighted by atomic mass is 10.2. The van der Waals surface area contributed by atoms with Gasteiger partial charge < -0.3 is 5.32 Å². The lowest BCUT2D eigenvalue weighted by Crippen LogP contribution is -2.54. The first-order valence-electron chi connectivity index (χ1n) is 9.09. The first kappa shape index (κ1) is 19.5. The Labute approximate surface area is 160 Å². The van der Waals surface area contributed by atoms with E-state index in [0.29, 0.717) is 37.6 Å². The van der Waals surface area contributed by atoms with Crippen molar-refractivity contribution in [1.82, 2.24) is 14.5 Å². The van der Waals surface area contributed by atoms with Gasteiger partial charge in [-0.2, -0.15) is 4.31 Å². The highest BCUT2D eigenvalue weighted by Crippen LogP contribution is 2.18. The van der Waals surface area contributed by atoms with Crippen LogP contribution in [0.4, 0.5) is 0 Å². The van der Waals surface area contributed by atoms with Crippen molar-refractivity contribution in [2.75, 3.05) is 26.2 Å². The van der Waals surface area contributed by atoms with E-state index in [1.807, 2.05) is 42.2 Å². The smallest absolute Gasteiger partial charge is 0.243 e. The Hall–Kier alpha value is -2.22. The summed E-state index contributed by atoms with van der Waals surface area (Å²) in [6, 6.07) is 17.9. The van der Waals surface area contributed by atoms with E-state index in [4.69, 9.17) is 0 Å². The number of amides is 1. The summed E-state index contributed by atoms with van der Waals surface area (Å²) in [6.45, 7) is 4.19. The molecule has 1 aliphatic heterocycles. The van der Waals surface area contributed by atoms with Crippen molar-refractivity contribution in [2.24, 2.45) is 0 Å². The van der Waals surface area contributed by atoms with Crippen LogP contribution >= 0.6 is 0 Å². The van der Waals surface area contributed by atoms with Crippen LogP contribution in [-0.2, 0) is 21.4 Å². The van der Waals surface area contributed by atoms with Crippen molar-refractivity contribution >= 4 is 15.9 Å². The van der Waals surface area contributed by atoms with Crippen molar-refractivity contribution in [3.8, 4) is 0 Å². The zero-order valence-electron chi connectivity index (χ0n) is 15.4. The number of carbonyl (C=O) groups is 1. The monoisotopic (exact) mass is 387 g/mol. The molecular weight excluding hydrogens is 362 g/mol. The average molecular weight is 388 g/mol. The predicted molar refractivity (Wildman–Crippen MR) is 105 cm³/mol. The molecule has 3 rings (SSSR count). The minimum atomic E-state index is -3.47. The highest BCUT2D eigenvalue weighted by atomic mass is 32.2. The van der Waals surface area contributed by atoms with Crippen LogP contribution in [0, 0.1) is 0 Å². The largest absolute Gasteiger partial charge is 0.351 e. The van der Waals surface area contributed by atoms with Gasteiger partial charge in [-0.1, -0.05) is 48.5 Å². The van der Waals surface area contributed by atoms with E-state index in [1.165, 1.54) is 4.31 Å². The van der Waals surface area contributed by atoms with Crippen LogP contribution in [0.3, 0.4) is 0 Å². The Balaban J connectivity index is 1.53. The Kier molecular flexibility index (Phi) is 6.26. The van der Waals surface area contributed by atoms with Crippen molar-refractivity contribution in [3.63, 3.8) is 0 Å². The van der Waals surface area contributed by atoms with Gasteiger partial charge in [0, 0.05) is 32.7 Å². The lowest BCUT2D eigenvalue weighted by molar-refractivity contribution is -0.126. The van der Waals surface area contributed by atoms with Gasteiger partial charge in [0.2, 0.25) is 15.9 Å². The number of benzene rings is 2. The summed E-state index contributed by atoms with van der Waals surface area (Å²) in [5.74, 6) is -0.0433. The van der Waals surface area contributed by atoms with E-state index < -0.39 is 10.0 Å². The first-order valence-corrected chi connectivity index (χ1v) is 10.5. The summed E-state index contributed by atoms with van der Waals surface area (Å²) in [5.41, 5.74) is 1.05. The molecule has 0 aliphatic carbocycles. The van der Waals surface area contributed by atoms with Crippen molar-refractivity contribution in [2.45, 2.75) is 24.4 Å². The summed E-state index contributed by atoms with van der Waals surface area (Å²) in [4.78, 5) is 14.8. The molecule has 6 nitrogen and oxygen atoms in total. The lowest BCUT2D eigenvalue weighted by Gasteiger charge is -2.36. The first-order chi connectivity index (χ1) is 13.0. The summed E-state index contributed by atoms with van der Waals surface area (Å²) >= 11 is 0. The summed E-state index contributed by atoms with van der Waals surface area (Å²) in [7, 11) is -3.47. The maximum atomic E-state index is 12.7. The third-order valence-electron chi connectivity index (χ3n) is 4.89. The highest BCUT2D eigenvalue weighted by molar-refractivity contribution is 7.89. The summed E-state index contributed by atoms with van der Waals surface area (Å²) < 4.78 is 26.9. The molecule has 144 valence electrons. The fraction of sp³-hybridized carbons (Fsp3) is 0.350. The fourth-order valence-corrected chi connectivity index (χ4v) is 4.61. The van der Waals surface area contributed by atoms with Gasteiger partial charge in [-0.25, -0.2) is 8.42 Å². The number of nitrogens with zero attached hydrogens (tertiary/aromatic N) is 2. The number of hydrogen-bond acceptors (Lipinski definition) is 4. The summed E-state index contributed by atoms with van der Waals surface area (Å²) in [5, 5.41) is 2.95. The third-order valence-corrected chi connectivity index (χ3v) is 6.80. The molecule has 0 saturated carbocycles. The van der Waals surface area contributed by atoms with E-state index in [0.717, 1.165) is 5.56 Å². The van der Waals surface area contributed by atoms with Gasteiger partial charge in [0.25, 0.3) is 0 Å². The molecule has 1 heterocycles. The SMILES string of the molecule is C[C@@H](C(=O)NCc1ccccc1)N1CCN(S(=O)(=O)c2ccccc2)CC1. The van der Waals surface area contributed by atoms with Crippen LogP contribution in [0.1, 0.15) is 12.5 Å². The standard InChI is InChI=1S/C20H25N3O3S/c1-17(20(24)21-16-18-8-4-2-5-9-18)22-12-14-23(15-13-22)27(25,26)19-10-6-3-7-11-19/h2-11,17H,12-16H2,1H3,(H,21,24)/t17-/m0/s1. The van der Waals surface area contributed by atoms with Crippen LogP contribution in [0.15, 0.2) is 65.6 Å². The second kappa shape index (κ2) is 8.65. The number of piperazine rings is 1. The van der Waals surface area contributed by atoms with E-state index in [-0.39, 0.29) is 11.9 Å². The molecule has 1 N–H and O–H groups in total. The minimum absolute atomic E-state index is 0.0433. The zero-order chi connectivity index (χ0) is 19.3. The Morgan fingerprint density at radius 1 is 0.963 bits per heavy atom. The quantitative estimate of drug-likeness (QED) is 0.819. The maximum absolute atomic E-state index is 12.7. The number of hydrogen-bond donors (Lipinski definition) is 1. The molecule has 0 unspecified atom stereocenters. The van der Waals surface area contributed by atoms with E-state index >= 15 is 0 Å². The van der Waals surface area contributed by atoms with Gasteiger partial charge in [-0.3, -0.25) is 9.69 Å². The van der Waals surface area contributed by atoms with Gasteiger partial charge in [-0.15, -0.1) is 0 Å². The molecule has 7 heteroatoms. The molecule has 2 aromatic rings. The molecule has 1 aliphatic rings. The Bertz CT molecular complexity index is 849. The van der Waals surface area contributed by atoms with Crippen molar-refractivity contribution in [1.29, 1.82) is 0 Å². The summed E-state index contributed by atoms with van der Waals surface area (Å²) in [6.07, 6.45) is 0. The van der Waals surface area contributed by atoms with Gasteiger partial charge in [0.1, 0.15) is 0 Å². The van der Waals surface area contributed by atoms with Gasteiger partial charge in [-0.05, 0) is 24.6 Å². The van der Waals surface area contributed by atoms with Crippen molar-refractivity contribution < 1.29 is 13.2 Å². The number of nitrogens with one attached hydrogen (secondary N) is 1. The van der Waals surface area contributed by atoms with Crippen LogP contribution in [-0.4, -0.2) is 55.8 Å². The molecule has 27 heavy (non-hydrogen) atoms. The normalized spacial score (nSPS) is 17.4. The third kappa shape index (κ3) is 4.74. The molecular formula is C20H25N3O3S. The fourth-order valence-electron chi connectivity index (χ4n) is 3.17. The molecule has 0 aromatic heterocycles. The maximum Gasteiger partial charge on any atom is 0.243 e. The second-order valence-electron chi connectivity index (χ2n) is 6.63. The average Bonchev–Trinajstić information content (AvgIpc) is 2.73. The van der Waals surface area contributed by atoms with Gasteiger partial charge in [0.05, 0.1) is 10.9 Å². The van der Waals surface area contributed by atoms with Crippen molar-refractivity contribution in [3.05, 3.63) is 66.2 Å². The highest BCUT2D eigenvalue weighted by Gasteiger charge is 2.31. The number of rotatable bonds is 6. The predicted octanol–water partition coefficient (Wildman–Crippen LogP) is 1.70. The molecule has 1 fully saturated rings. The van der Waals surface area contributed by atoms with Crippen LogP contribution < -0.4 is 5.32 Å². The molecule has 0 radical (unpaired) electrons. The van der Waals surface area contributed by atoms with E-state index in [1.54, 1.807) is 30.3 Å². The van der Waals surface area contributed by atoms with Crippen LogP contribution in [0.2, 0.25) is 0 Å². The molecule has 1 saturated heterocycles. The van der Waals surface area contributed by atoms with Gasteiger partial charge >= 0.3 is 0 Å². The molecule has 2 aromatic carbocycles. The topological polar surface area (TPSA) is 69.7 Å². The van der Waals surface area contributed by atoms with Crippen LogP contribution in [0.25, 0.3) is 0 Å². The minimum Gasteiger partial charge on any atom is -0.351 e. The van der Waals surface area contributed by atoms with Gasteiger partial charge in [0.15, 0.2) is 0 Å². The van der Waals surface area contributed by atoms with E-state index in [2.05, 4.69) is 5.32 Å². The van der Waals surface area contributed by atoms with Crippen LogP contribution in [0.5, 0.6) is 0 Å². The van der Waals surface area contributed by atoms with E-state index in [9.17, 15) is 13.2 Å². The Morgan fingerprint density at radius 3 is 2.11 bits per heavy atom. The second-order valence-corrected chi connectivity index (χ2v) is 8.57. The Morgan fingerprint density at radius 2 is 1.52 bits per heavy atom.